The minimum Gasteiger partial charge on any atom is -0.388 e. The van der Waals surface area contributed by atoms with Crippen LogP contribution in [-0.4, -0.2) is 177 Å². The highest BCUT2D eigenvalue weighted by Crippen LogP contribution is 2.34. The average Bonchev–Trinajstić information content (AvgIpc) is 3.05. The fraction of sp³-hybridized carbons (Fsp3) is 0.875. The molecular formula is C32H54N4O17. The topological polar surface area (TPSA) is 302 Å². The molecule has 4 amide bonds. The number of aliphatic hydroxyl groups excluding tert-OH is 6. The van der Waals surface area contributed by atoms with Gasteiger partial charge in [-0.1, -0.05) is 0 Å². The highest BCUT2D eigenvalue weighted by molar-refractivity contribution is 5.74. The molecule has 10 N–H and O–H groups in total. The molecule has 4 saturated heterocycles. The van der Waals surface area contributed by atoms with E-state index < -0.39 is 146 Å². The summed E-state index contributed by atoms with van der Waals surface area (Å²) < 4.78 is 41.5. The molecule has 0 saturated carbocycles. The maximum Gasteiger partial charge on any atom is 0.217 e. The van der Waals surface area contributed by atoms with Gasteiger partial charge < -0.3 is 85.1 Å². The highest BCUT2D eigenvalue weighted by Gasteiger charge is 2.55. The summed E-state index contributed by atoms with van der Waals surface area (Å²) in [5.41, 5.74) is 0. The van der Waals surface area contributed by atoms with Crippen LogP contribution in [0.25, 0.3) is 0 Å². The van der Waals surface area contributed by atoms with E-state index in [-0.39, 0.29) is 0 Å². The Morgan fingerprint density at radius 2 is 0.755 bits per heavy atom. The lowest BCUT2D eigenvalue weighted by molar-refractivity contribution is -0.373. The molecule has 0 unspecified atom stereocenters. The highest BCUT2D eigenvalue weighted by atomic mass is 16.8. The molecule has 0 aliphatic carbocycles. The number of nitrogens with one attached hydrogen (secondary N) is 4. The molecule has 53 heavy (non-hydrogen) atoms. The van der Waals surface area contributed by atoms with Gasteiger partial charge in [-0.05, 0) is 27.7 Å². The summed E-state index contributed by atoms with van der Waals surface area (Å²) in [6, 6.07) is -4.25. The average molecular weight is 767 g/mol. The maximum absolute atomic E-state index is 12.3. The number of hydrogen-bond acceptors (Lipinski definition) is 17. The minimum atomic E-state index is -1.80. The number of carbonyl (C=O) groups excluding carboxylic acids is 4. The zero-order chi connectivity index (χ0) is 39.6. The largest absolute Gasteiger partial charge is 0.388 e. The van der Waals surface area contributed by atoms with Gasteiger partial charge in [-0.3, -0.25) is 19.2 Å². The zero-order valence-corrected chi connectivity index (χ0v) is 30.7. The number of aliphatic hydroxyl groups is 6. The molecule has 4 aliphatic rings. The van der Waals surface area contributed by atoms with Crippen LogP contribution in [0.3, 0.4) is 0 Å². The van der Waals surface area contributed by atoms with Gasteiger partial charge in [-0.2, -0.15) is 0 Å². The molecule has 20 atom stereocenters. The van der Waals surface area contributed by atoms with Crippen molar-refractivity contribution in [2.24, 2.45) is 0 Å². The Kier molecular flexibility index (Phi) is 14.5. The fourth-order valence-electron chi connectivity index (χ4n) is 7.10. The second-order valence-electron chi connectivity index (χ2n) is 14.0. The third-order valence-corrected chi connectivity index (χ3v) is 9.70. The van der Waals surface area contributed by atoms with Crippen molar-refractivity contribution in [2.45, 2.75) is 178 Å². The van der Waals surface area contributed by atoms with Gasteiger partial charge in [-0.25, -0.2) is 0 Å². The van der Waals surface area contributed by atoms with E-state index in [0.29, 0.717) is 0 Å². The third kappa shape index (κ3) is 9.97. The van der Waals surface area contributed by atoms with E-state index in [0.717, 1.165) is 0 Å². The van der Waals surface area contributed by atoms with Gasteiger partial charge >= 0.3 is 0 Å². The molecule has 4 heterocycles. The van der Waals surface area contributed by atoms with Crippen molar-refractivity contribution in [1.82, 2.24) is 21.3 Å². The Labute approximate surface area is 305 Å². The zero-order valence-electron chi connectivity index (χ0n) is 30.7. The van der Waals surface area contributed by atoms with Crippen LogP contribution in [-0.2, 0) is 52.3 Å². The van der Waals surface area contributed by atoms with Crippen molar-refractivity contribution in [3.8, 4) is 0 Å². The molecule has 0 bridgehead atoms. The second-order valence-corrected chi connectivity index (χ2v) is 14.0. The predicted octanol–water partition coefficient (Wildman–Crippen LogP) is -5.06. The first-order valence-electron chi connectivity index (χ1n) is 17.5. The maximum atomic E-state index is 12.3. The van der Waals surface area contributed by atoms with Gasteiger partial charge in [0.15, 0.2) is 25.2 Å². The van der Waals surface area contributed by atoms with E-state index in [1.807, 2.05) is 0 Å². The van der Waals surface area contributed by atoms with E-state index in [1.165, 1.54) is 55.4 Å². The summed E-state index contributed by atoms with van der Waals surface area (Å²) in [5, 5.41) is 76.7. The summed E-state index contributed by atoms with van der Waals surface area (Å²) in [6.07, 6.45) is -23.3. The summed E-state index contributed by atoms with van der Waals surface area (Å²) in [4.78, 5) is 48.2. The Morgan fingerprint density at radius 1 is 0.415 bits per heavy atom. The second kappa shape index (κ2) is 17.9. The first kappa shape index (κ1) is 43.1. The summed E-state index contributed by atoms with van der Waals surface area (Å²) in [7, 11) is 0. The number of carbonyl (C=O) groups is 4. The fourth-order valence-corrected chi connectivity index (χ4v) is 7.10. The van der Waals surface area contributed by atoms with Crippen LogP contribution in [0.15, 0.2) is 0 Å². The number of ether oxygens (including phenoxy) is 7. The molecule has 0 spiro atoms. The number of hydrogen-bond donors (Lipinski definition) is 10. The van der Waals surface area contributed by atoms with Crippen LogP contribution in [0.4, 0.5) is 0 Å². The minimum absolute atomic E-state index is 0.490. The van der Waals surface area contributed by atoms with Crippen LogP contribution in [0.1, 0.15) is 55.4 Å². The Balaban J connectivity index is 1.66. The molecule has 21 nitrogen and oxygen atoms in total. The standard InChI is InChI=1S/C32H54N4O17/c1-9-17(33-13(5)37)21(41)23(43)30(48-9)53-28-22(42)18(34-14(6)38)10(2)50-32(28)52-27-20(36-16(8)40)12(4)49-31(25(27)45)51-26-19(35-15(7)39)11(3)47-29(46)24(26)44/h9-12,17-32,41-46H,1-8H3,(H,33,37)(H,34,38)(H,35,39)(H,36,40)/t9-,10-,11-,12-,17-,18-,19-,20-,21+,22+,23+,24+,25+,26+,27+,28+,29+,30-,31-,32-/m1/s1. The molecule has 4 fully saturated rings. The van der Waals surface area contributed by atoms with Crippen LogP contribution in [0.2, 0.25) is 0 Å². The van der Waals surface area contributed by atoms with Gasteiger partial charge in [0.2, 0.25) is 23.6 Å². The first-order valence-corrected chi connectivity index (χ1v) is 17.5. The van der Waals surface area contributed by atoms with E-state index in [9.17, 15) is 49.8 Å². The number of amides is 4. The van der Waals surface area contributed by atoms with E-state index in [1.54, 1.807) is 0 Å². The first-order chi connectivity index (χ1) is 24.7. The van der Waals surface area contributed by atoms with Gasteiger partial charge in [0.1, 0.15) is 48.8 Å². The van der Waals surface area contributed by atoms with Gasteiger partial charge in [0.25, 0.3) is 0 Å². The molecule has 0 aromatic carbocycles. The normalized spacial score (nSPS) is 46.2. The van der Waals surface area contributed by atoms with Crippen molar-refractivity contribution >= 4 is 23.6 Å². The SMILES string of the molecule is CC(=O)N[C@H]1[C@H](O)[C@H](O)[C@@H](O[C@@H]2[C@@H](O[C@@H]3[C@H](O)[C@@H](O[C@@H]4[C@H](O)[C@@H](O)O[C@H](C)[C@H]4NC(C)=O)O[C@H](C)[C@H]3NC(C)=O)O[C@H](C)[C@@H](NC(C)=O)[C@@H]2O)O[C@@H]1C. The third-order valence-electron chi connectivity index (χ3n) is 9.70. The lowest BCUT2D eigenvalue weighted by atomic mass is 9.93. The van der Waals surface area contributed by atoms with Crippen molar-refractivity contribution < 1.29 is 83.0 Å². The predicted molar refractivity (Wildman–Crippen MR) is 175 cm³/mol. The Hall–Kier alpha value is -2.64. The van der Waals surface area contributed by atoms with Crippen molar-refractivity contribution in [1.29, 1.82) is 0 Å². The van der Waals surface area contributed by atoms with E-state index >= 15 is 0 Å². The van der Waals surface area contributed by atoms with Crippen LogP contribution >= 0.6 is 0 Å². The summed E-state index contributed by atoms with van der Waals surface area (Å²) in [5.74, 6) is -2.06. The van der Waals surface area contributed by atoms with Crippen molar-refractivity contribution in [3.63, 3.8) is 0 Å². The quantitative estimate of drug-likeness (QED) is 0.0995. The lowest BCUT2D eigenvalue weighted by Gasteiger charge is -2.50. The molecule has 304 valence electrons. The van der Waals surface area contributed by atoms with Crippen LogP contribution < -0.4 is 21.3 Å². The Morgan fingerprint density at radius 3 is 1.25 bits per heavy atom. The Bertz CT molecular complexity index is 1300. The molecule has 0 aromatic rings. The molecule has 4 rings (SSSR count). The molecular weight excluding hydrogens is 712 g/mol. The summed E-state index contributed by atoms with van der Waals surface area (Å²) in [6.45, 7) is 11.0. The molecule has 21 heteroatoms. The molecule has 0 aromatic heterocycles. The molecule has 4 aliphatic heterocycles. The van der Waals surface area contributed by atoms with E-state index in [2.05, 4.69) is 21.3 Å². The van der Waals surface area contributed by atoms with Gasteiger partial charge in [-0.15, -0.1) is 0 Å². The van der Waals surface area contributed by atoms with E-state index in [4.69, 9.17) is 33.2 Å². The lowest BCUT2D eigenvalue weighted by Crippen LogP contribution is -2.70. The van der Waals surface area contributed by atoms with Crippen LogP contribution in [0, 0.1) is 0 Å². The molecule has 0 radical (unpaired) electrons. The van der Waals surface area contributed by atoms with Gasteiger partial charge in [0, 0.05) is 27.7 Å². The van der Waals surface area contributed by atoms with Gasteiger partial charge in [0.05, 0.1) is 48.6 Å². The summed E-state index contributed by atoms with van der Waals surface area (Å²) >= 11 is 0. The van der Waals surface area contributed by atoms with Crippen LogP contribution in [0.5, 0.6) is 0 Å². The number of rotatable bonds is 10. The monoisotopic (exact) mass is 766 g/mol. The smallest absolute Gasteiger partial charge is 0.217 e. The van der Waals surface area contributed by atoms with Crippen molar-refractivity contribution in [2.75, 3.05) is 0 Å². The van der Waals surface area contributed by atoms with Crippen molar-refractivity contribution in [3.05, 3.63) is 0 Å².